The zero-order valence-corrected chi connectivity index (χ0v) is 14.7. The quantitative estimate of drug-likeness (QED) is 0.759. The molecule has 1 aromatic heterocycles. The molecule has 152 valence electrons. The molecule has 0 aliphatic carbocycles. The Balaban J connectivity index is 1.79. The van der Waals surface area contributed by atoms with E-state index < -0.39 is 34.7 Å². The van der Waals surface area contributed by atoms with E-state index in [1.807, 2.05) is 4.98 Å². The maximum atomic E-state index is 13.0. The minimum atomic E-state index is -4.70. The van der Waals surface area contributed by atoms with E-state index in [1.54, 1.807) is 0 Å². The molecule has 0 saturated heterocycles. The first-order valence-corrected chi connectivity index (χ1v) is 8.37. The molecule has 11 heteroatoms. The van der Waals surface area contributed by atoms with Crippen molar-refractivity contribution in [1.82, 2.24) is 9.99 Å². The molecule has 0 fully saturated rings. The summed E-state index contributed by atoms with van der Waals surface area (Å²) in [5.41, 5.74) is -2.19. The number of hydrogen-bond acceptors (Lipinski definition) is 4. The number of amides is 2. The fourth-order valence-corrected chi connectivity index (χ4v) is 2.59. The Kier molecular flexibility index (Phi) is 5.48. The number of benzene rings is 1. The van der Waals surface area contributed by atoms with E-state index in [1.165, 1.54) is 24.3 Å². The van der Waals surface area contributed by atoms with Crippen molar-refractivity contribution >= 4 is 23.2 Å². The standard InChI is InChI=1S/C18H14F4N4O3/c19-12-3-1-10(2-4-12)9-26-15(27)6-5-13(25-26)17(29)24-14-7-11(18(20,21)22)8-23-16(14)28/h1-4,7-8H,5-6,9H2,(H,23,28)(H,24,29). The third-order valence-corrected chi connectivity index (χ3v) is 4.09. The summed E-state index contributed by atoms with van der Waals surface area (Å²) in [6.07, 6.45) is -4.29. The molecule has 1 aliphatic heterocycles. The van der Waals surface area contributed by atoms with E-state index in [2.05, 4.69) is 10.4 Å². The Hall–Kier alpha value is -3.50. The van der Waals surface area contributed by atoms with Crippen molar-refractivity contribution in [3.05, 3.63) is 63.8 Å². The van der Waals surface area contributed by atoms with Crippen LogP contribution in [0.1, 0.15) is 24.0 Å². The highest BCUT2D eigenvalue weighted by atomic mass is 19.4. The number of aromatic amines is 1. The maximum Gasteiger partial charge on any atom is 0.417 e. The van der Waals surface area contributed by atoms with Gasteiger partial charge in [0.25, 0.3) is 11.5 Å². The molecular weight excluding hydrogens is 396 g/mol. The zero-order chi connectivity index (χ0) is 21.2. The van der Waals surface area contributed by atoms with Crippen molar-refractivity contribution in [2.24, 2.45) is 5.10 Å². The second-order valence-electron chi connectivity index (χ2n) is 6.21. The predicted octanol–water partition coefficient (Wildman–Crippen LogP) is 2.65. The summed E-state index contributed by atoms with van der Waals surface area (Å²) in [5, 5.41) is 7.05. The lowest BCUT2D eigenvalue weighted by Gasteiger charge is -2.23. The van der Waals surface area contributed by atoms with Crippen LogP contribution in [0.2, 0.25) is 0 Å². The Morgan fingerprint density at radius 3 is 2.52 bits per heavy atom. The molecule has 0 radical (unpaired) electrons. The molecule has 2 N–H and O–H groups in total. The number of H-pyrrole nitrogens is 1. The molecule has 3 rings (SSSR count). The fourth-order valence-electron chi connectivity index (χ4n) is 2.59. The summed E-state index contributed by atoms with van der Waals surface area (Å²) in [7, 11) is 0. The van der Waals surface area contributed by atoms with Crippen molar-refractivity contribution in [2.45, 2.75) is 25.6 Å². The van der Waals surface area contributed by atoms with Gasteiger partial charge in [-0.1, -0.05) is 12.1 Å². The van der Waals surface area contributed by atoms with Crippen LogP contribution < -0.4 is 10.9 Å². The molecule has 0 atom stereocenters. The highest BCUT2D eigenvalue weighted by Crippen LogP contribution is 2.29. The van der Waals surface area contributed by atoms with Crippen LogP contribution in [0.25, 0.3) is 0 Å². The highest BCUT2D eigenvalue weighted by molar-refractivity contribution is 6.43. The van der Waals surface area contributed by atoms with E-state index in [9.17, 15) is 31.9 Å². The molecule has 2 amide bonds. The fraction of sp³-hybridized carbons (Fsp3) is 0.222. The normalized spacial score (nSPS) is 14.6. The molecule has 1 aliphatic rings. The number of nitrogens with zero attached hydrogens (tertiary/aromatic N) is 2. The van der Waals surface area contributed by atoms with E-state index in [0.717, 1.165) is 5.01 Å². The van der Waals surface area contributed by atoms with Gasteiger partial charge < -0.3 is 10.3 Å². The summed E-state index contributed by atoms with van der Waals surface area (Å²) in [6.45, 7) is -0.0139. The number of anilines is 1. The second kappa shape index (κ2) is 7.86. The molecule has 7 nitrogen and oxygen atoms in total. The molecule has 2 heterocycles. The predicted molar refractivity (Wildman–Crippen MR) is 94.3 cm³/mol. The van der Waals surface area contributed by atoms with Gasteiger partial charge in [-0.3, -0.25) is 14.4 Å². The van der Waals surface area contributed by atoms with Crippen LogP contribution in [-0.2, 0) is 22.3 Å². The largest absolute Gasteiger partial charge is 0.417 e. The van der Waals surface area contributed by atoms with Crippen molar-refractivity contribution in [3.63, 3.8) is 0 Å². The van der Waals surface area contributed by atoms with Crippen LogP contribution in [0.5, 0.6) is 0 Å². The summed E-state index contributed by atoms with van der Waals surface area (Å²) >= 11 is 0. The molecule has 2 aromatic rings. The number of aromatic nitrogens is 1. The lowest BCUT2D eigenvalue weighted by atomic mass is 10.1. The third-order valence-electron chi connectivity index (χ3n) is 4.09. The number of carbonyl (C=O) groups is 2. The maximum absolute atomic E-state index is 13.0. The van der Waals surface area contributed by atoms with Gasteiger partial charge in [-0.2, -0.15) is 18.3 Å². The first-order valence-electron chi connectivity index (χ1n) is 8.37. The van der Waals surface area contributed by atoms with Gasteiger partial charge in [-0.05, 0) is 23.8 Å². The van der Waals surface area contributed by atoms with E-state index in [4.69, 9.17) is 0 Å². The molecule has 1 aromatic carbocycles. The number of halogens is 4. The third kappa shape index (κ3) is 4.86. The number of carbonyl (C=O) groups excluding carboxylic acids is 2. The Morgan fingerprint density at radius 2 is 1.86 bits per heavy atom. The number of hydrazone groups is 1. The first-order chi connectivity index (χ1) is 13.6. The molecule has 29 heavy (non-hydrogen) atoms. The lowest BCUT2D eigenvalue weighted by Crippen LogP contribution is -2.36. The second-order valence-corrected chi connectivity index (χ2v) is 6.21. The number of nitrogens with one attached hydrogen (secondary N) is 2. The van der Waals surface area contributed by atoms with Crippen molar-refractivity contribution < 1.29 is 27.2 Å². The van der Waals surface area contributed by atoms with Crippen LogP contribution in [0.4, 0.5) is 23.2 Å². The van der Waals surface area contributed by atoms with Gasteiger partial charge in [0.2, 0.25) is 5.91 Å². The van der Waals surface area contributed by atoms with Crippen LogP contribution >= 0.6 is 0 Å². The SMILES string of the molecule is O=C(Nc1cc(C(F)(F)F)c[nH]c1=O)C1=NN(Cc2ccc(F)cc2)C(=O)CC1. The van der Waals surface area contributed by atoms with Crippen molar-refractivity contribution in [3.8, 4) is 0 Å². The first kappa shape index (κ1) is 20.2. The average molecular weight is 410 g/mol. The summed E-state index contributed by atoms with van der Waals surface area (Å²) in [5.74, 6) is -1.72. The Morgan fingerprint density at radius 1 is 1.17 bits per heavy atom. The van der Waals surface area contributed by atoms with Crippen LogP contribution in [0.15, 0.2) is 46.4 Å². The Labute approximate surface area is 161 Å². The lowest BCUT2D eigenvalue weighted by molar-refractivity contribution is -0.138. The van der Waals surface area contributed by atoms with Crippen LogP contribution in [0, 0.1) is 5.82 Å². The van der Waals surface area contributed by atoms with E-state index in [-0.39, 0.29) is 31.0 Å². The smallest absolute Gasteiger partial charge is 0.327 e. The zero-order valence-electron chi connectivity index (χ0n) is 14.7. The van der Waals surface area contributed by atoms with Gasteiger partial charge >= 0.3 is 6.18 Å². The highest BCUT2D eigenvalue weighted by Gasteiger charge is 2.32. The number of alkyl halides is 3. The summed E-state index contributed by atoms with van der Waals surface area (Å²) in [4.78, 5) is 38.0. The van der Waals surface area contributed by atoms with Gasteiger partial charge in [0.15, 0.2) is 0 Å². The van der Waals surface area contributed by atoms with Gasteiger partial charge in [0.05, 0.1) is 12.1 Å². The van der Waals surface area contributed by atoms with Gasteiger partial charge in [-0.25, -0.2) is 9.40 Å². The van der Waals surface area contributed by atoms with E-state index in [0.29, 0.717) is 17.8 Å². The Bertz CT molecular complexity index is 1030. The number of pyridine rings is 1. The van der Waals surface area contributed by atoms with Gasteiger partial charge in [0, 0.05) is 19.0 Å². The monoisotopic (exact) mass is 410 g/mol. The van der Waals surface area contributed by atoms with E-state index >= 15 is 0 Å². The molecule has 0 unspecified atom stereocenters. The van der Waals surface area contributed by atoms with Gasteiger partial charge in [0.1, 0.15) is 17.2 Å². The number of hydrogen-bond donors (Lipinski definition) is 2. The summed E-state index contributed by atoms with van der Waals surface area (Å²) in [6, 6.07) is 5.84. The average Bonchev–Trinajstić information content (AvgIpc) is 2.66. The molecule has 0 bridgehead atoms. The molecular formula is C18H14F4N4O3. The van der Waals surface area contributed by atoms with Crippen molar-refractivity contribution in [2.75, 3.05) is 5.32 Å². The minimum absolute atomic E-state index is 0.0139. The molecule has 0 spiro atoms. The van der Waals surface area contributed by atoms with Gasteiger partial charge in [-0.15, -0.1) is 0 Å². The topological polar surface area (TPSA) is 94.6 Å². The van der Waals surface area contributed by atoms with Crippen LogP contribution in [0.3, 0.4) is 0 Å². The van der Waals surface area contributed by atoms with Crippen LogP contribution in [-0.4, -0.2) is 27.5 Å². The summed E-state index contributed by atoms with van der Waals surface area (Å²) < 4.78 is 51.4. The molecule has 0 saturated carbocycles. The minimum Gasteiger partial charge on any atom is -0.327 e. The number of rotatable bonds is 4. The van der Waals surface area contributed by atoms with Crippen molar-refractivity contribution in [1.29, 1.82) is 0 Å².